The fourth-order valence-electron chi connectivity index (χ4n) is 7.96. The number of hydrogen-bond donors (Lipinski definition) is 0. The molecule has 0 heterocycles. The summed E-state index contributed by atoms with van der Waals surface area (Å²) in [6, 6.07) is 77.2. The Kier molecular flexibility index (Phi) is 7.55. The Morgan fingerprint density at radius 3 is 1.53 bits per heavy atom. The Morgan fingerprint density at radius 1 is 0.226 bits per heavy atom. The van der Waals surface area contributed by atoms with Crippen LogP contribution in [-0.2, 0) is 0 Å². The van der Waals surface area contributed by atoms with Crippen LogP contribution in [0, 0.1) is 0 Å². The van der Waals surface area contributed by atoms with Gasteiger partial charge >= 0.3 is 0 Å². The van der Waals surface area contributed by atoms with E-state index >= 15 is 0 Å². The fraction of sp³-hybridized carbons (Fsp3) is 0. The first kappa shape index (κ1) is 30.8. The molecule has 0 aliphatic heterocycles. The Bertz CT molecular complexity index is 2920. The molecule has 0 atom stereocenters. The second kappa shape index (κ2) is 13.0. The van der Waals surface area contributed by atoms with Gasteiger partial charge in [-0.1, -0.05) is 164 Å². The normalized spacial score (nSPS) is 11.4. The first-order chi connectivity index (χ1) is 26.3. The summed E-state index contributed by atoms with van der Waals surface area (Å²) in [7, 11) is 0. The molecule has 10 aromatic carbocycles. The van der Waals surface area contributed by atoms with Crippen molar-refractivity contribution in [2.45, 2.75) is 0 Å². The second-order valence-electron chi connectivity index (χ2n) is 13.8. The van der Waals surface area contributed by atoms with Gasteiger partial charge in [-0.05, 0) is 125 Å². The highest BCUT2D eigenvalue weighted by molar-refractivity contribution is 6.21. The third kappa shape index (κ3) is 5.60. The molecule has 0 unspecified atom stereocenters. The summed E-state index contributed by atoms with van der Waals surface area (Å²) >= 11 is 0. The van der Waals surface area contributed by atoms with Crippen molar-refractivity contribution in [3.05, 3.63) is 212 Å². The summed E-state index contributed by atoms with van der Waals surface area (Å²) in [5.41, 5.74) is 10.6. The van der Waals surface area contributed by atoms with Crippen molar-refractivity contribution >= 4 is 60.2 Å². The maximum atomic E-state index is 2.39. The summed E-state index contributed by atoms with van der Waals surface area (Å²) < 4.78 is 0. The SMILES string of the molecule is c1ccc(-c2cccc(N(c3ccc(-c4ccc5ccccc5c4)cc3)c3ccc(-c4cc5c6ccccc6ccc5c5ccccc45)cc3)c2)cc1. The number of hydrogen-bond acceptors (Lipinski definition) is 1. The van der Waals surface area contributed by atoms with Crippen molar-refractivity contribution in [2.75, 3.05) is 4.90 Å². The van der Waals surface area contributed by atoms with Crippen molar-refractivity contribution < 1.29 is 0 Å². The molecule has 0 fully saturated rings. The smallest absolute Gasteiger partial charge is 0.0467 e. The van der Waals surface area contributed by atoms with Gasteiger partial charge in [0.25, 0.3) is 0 Å². The maximum absolute atomic E-state index is 2.39. The highest BCUT2D eigenvalue weighted by Crippen LogP contribution is 2.41. The van der Waals surface area contributed by atoms with Crippen LogP contribution >= 0.6 is 0 Å². The van der Waals surface area contributed by atoms with Gasteiger partial charge in [0.05, 0.1) is 0 Å². The summed E-state index contributed by atoms with van der Waals surface area (Å²) in [6.45, 7) is 0. The van der Waals surface area contributed by atoms with E-state index in [1.807, 2.05) is 0 Å². The molecule has 0 aliphatic rings. The fourth-order valence-corrected chi connectivity index (χ4v) is 7.96. The summed E-state index contributed by atoms with van der Waals surface area (Å²) in [4.78, 5) is 2.37. The molecule has 0 saturated heterocycles. The first-order valence-electron chi connectivity index (χ1n) is 18.3. The zero-order valence-electron chi connectivity index (χ0n) is 29.2. The average molecular weight is 674 g/mol. The lowest BCUT2D eigenvalue weighted by Crippen LogP contribution is -2.10. The number of benzene rings is 10. The molecule has 0 bridgehead atoms. The van der Waals surface area contributed by atoms with E-state index in [2.05, 4.69) is 217 Å². The first-order valence-corrected chi connectivity index (χ1v) is 18.3. The van der Waals surface area contributed by atoms with E-state index < -0.39 is 0 Å². The molecule has 0 saturated carbocycles. The second-order valence-corrected chi connectivity index (χ2v) is 13.8. The van der Waals surface area contributed by atoms with E-state index in [4.69, 9.17) is 0 Å². The quantitative estimate of drug-likeness (QED) is 0.159. The van der Waals surface area contributed by atoms with Gasteiger partial charge in [-0.15, -0.1) is 0 Å². The van der Waals surface area contributed by atoms with Crippen molar-refractivity contribution in [2.24, 2.45) is 0 Å². The van der Waals surface area contributed by atoms with Crippen molar-refractivity contribution in [3.8, 4) is 33.4 Å². The van der Waals surface area contributed by atoms with Crippen molar-refractivity contribution in [1.82, 2.24) is 0 Å². The predicted molar refractivity (Wildman–Crippen MR) is 227 cm³/mol. The van der Waals surface area contributed by atoms with Crippen LogP contribution in [0.15, 0.2) is 212 Å². The Hall–Kier alpha value is -6.96. The van der Waals surface area contributed by atoms with Crippen LogP contribution in [-0.4, -0.2) is 0 Å². The van der Waals surface area contributed by atoms with Gasteiger partial charge in [-0.2, -0.15) is 0 Å². The molecule has 1 heteroatoms. The number of nitrogens with zero attached hydrogens (tertiary/aromatic N) is 1. The lowest BCUT2D eigenvalue weighted by molar-refractivity contribution is 1.28. The van der Waals surface area contributed by atoms with Gasteiger partial charge in [0, 0.05) is 17.1 Å². The minimum Gasteiger partial charge on any atom is -0.310 e. The molecule has 0 N–H and O–H groups in total. The minimum atomic E-state index is 1.10. The highest BCUT2D eigenvalue weighted by atomic mass is 15.1. The van der Waals surface area contributed by atoms with Crippen LogP contribution < -0.4 is 4.90 Å². The third-order valence-corrected chi connectivity index (χ3v) is 10.6. The Balaban J connectivity index is 1.09. The molecule has 0 radical (unpaired) electrons. The number of fused-ring (bicyclic) bond motifs is 6. The molecule has 0 aliphatic carbocycles. The van der Waals surface area contributed by atoms with Crippen LogP contribution in [0.2, 0.25) is 0 Å². The lowest BCUT2D eigenvalue weighted by atomic mass is 9.91. The molecule has 10 aromatic rings. The molecule has 53 heavy (non-hydrogen) atoms. The van der Waals surface area contributed by atoms with E-state index in [9.17, 15) is 0 Å². The molecule has 10 rings (SSSR count). The van der Waals surface area contributed by atoms with Gasteiger partial charge in [-0.3, -0.25) is 0 Å². The van der Waals surface area contributed by atoms with E-state index in [0.29, 0.717) is 0 Å². The van der Waals surface area contributed by atoms with Crippen molar-refractivity contribution in [3.63, 3.8) is 0 Å². The van der Waals surface area contributed by atoms with Crippen LogP contribution in [0.5, 0.6) is 0 Å². The van der Waals surface area contributed by atoms with Gasteiger partial charge < -0.3 is 4.90 Å². The van der Waals surface area contributed by atoms with E-state index in [-0.39, 0.29) is 0 Å². The maximum Gasteiger partial charge on any atom is 0.0467 e. The van der Waals surface area contributed by atoms with Gasteiger partial charge in [0.15, 0.2) is 0 Å². The summed E-state index contributed by atoms with van der Waals surface area (Å²) in [6.07, 6.45) is 0. The van der Waals surface area contributed by atoms with Crippen molar-refractivity contribution in [1.29, 1.82) is 0 Å². The molecule has 0 spiro atoms. The van der Waals surface area contributed by atoms with Gasteiger partial charge in [0.1, 0.15) is 0 Å². The average Bonchev–Trinajstić information content (AvgIpc) is 3.24. The molecular formula is C52H35N. The zero-order chi connectivity index (χ0) is 35.1. The summed E-state index contributed by atoms with van der Waals surface area (Å²) in [5, 5.41) is 10.2. The number of anilines is 3. The van der Waals surface area contributed by atoms with Crippen LogP contribution in [0.25, 0.3) is 76.5 Å². The minimum absolute atomic E-state index is 1.10. The zero-order valence-corrected chi connectivity index (χ0v) is 29.2. The monoisotopic (exact) mass is 673 g/mol. The molecule has 248 valence electrons. The Morgan fingerprint density at radius 2 is 0.755 bits per heavy atom. The molecule has 0 aromatic heterocycles. The van der Waals surface area contributed by atoms with E-state index in [1.54, 1.807) is 0 Å². The molecule has 1 nitrogen and oxygen atoms in total. The van der Waals surface area contributed by atoms with Crippen LogP contribution in [0.4, 0.5) is 17.1 Å². The number of rotatable bonds is 6. The molecular weight excluding hydrogens is 639 g/mol. The summed E-state index contributed by atoms with van der Waals surface area (Å²) in [5.74, 6) is 0. The standard InChI is InChI=1S/C52H35N/c1-2-11-36(12-3-1)42-16-10-17-46(34-42)53(44-28-23-38(24-29-44)43-22-21-37-13-4-5-15-41(37)33-43)45-30-25-40(26-31-45)51-35-52-47-18-7-6-14-39(47)27-32-50(52)48-19-8-9-20-49(48)51/h1-35H. The lowest BCUT2D eigenvalue weighted by Gasteiger charge is -2.26. The van der Waals surface area contributed by atoms with E-state index in [0.717, 1.165) is 17.1 Å². The van der Waals surface area contributed by atoms with Gasteiger partial charge in [-0.25, -0.2) is 0 Å². The third-order valence-electron chi connectivity index (χ3n) is 10.6. The largest absolute Gasteiger partial charge is 0.310 e. The Labute approximate surface area is 309 Å². The van der Waals surface area contributed by atoms with Crippen LogP contribution in [0.3, 0.4) is 0 Å². The van der Waals surface area contributed by atoms with E-state index in [1.165, 1.54) is 76.5 Å². The van der Waals surface area contributed by atoms with Crippen LogP contribution in [0.1, 0.15) is 0 Å². The predicted octanol–water partition coefficient (Wildman–Crippen LogP) is 14.8. The van der Waals surface area contributed by atoms with Gasteiger partial charge in [0.2, 0.25) is 0 Å². The highest BCUT2D eigenvalue weighted by Gasteiger charge is 2.16. The molecule has 0 amide bonds. The topological polar surface area (TPSA) is 3.24 Å².